The van der Waals surface area contributed by atoms with Crippen molar-refractivity contribution >= 4 is 5.91 Å². The van der Waals surface area contributed by atoms with Crippen LogP contribution in [0.2, 0.25) is 0 Å². The number of nitrogens with two attached hydrogens (primary N) is 1. The molecular formula is C7H14N2O3. The van der Waals surface area contributed by atoms with Crippen molar-refractivity contribution in [1.29, 1.82) is 0 Å². The quantitative estimate of drug-likeness (QED) is 0.333. The molecule has 0 aromatic carbocycles. The van der Waals surface area contributed by atoms with Gasteiger partial charge in [-0.3, -0.25) is 10.2 Å². The number of hydrazine groups is 1. The summed E-state index contributed by atoms with van der Waals surface area (Å²) in [5, 5.41) is 0. The third kappa shape index (κ3) is 1.57. The summed E-state index contributed by atoms with van der Waals surface area (Å²) in [5.41, 5.74) is 1.24. The molecular weight excluding hydrogens is 160 g/mol. The summed E-state index contributed by atoms with van der Waals surface area (Å²) in [6, 6.07) is 0. The maximum atomic E-state index is 11.3. The minimum absolute atomic E-state index is 0.296. The van der Waals surface area contributed by atoms with Gasteiger partial charge in [0.1, 0.15) is 0 Å². The highest BCUT2D eigenvalue weighted by atomic mass is 16.6. The summed E-state index contributed by atoms with van der Waals surface area (Å²) < 4.78 is 10.4. The fourth-order valence-electron chi connectivity index (χ4n) is 1.31. The minimum Gasteiger partial charge on any atom is -0.378 e. The highest BCUT2D eigenvalue weighted by Crippen LogP contribution is 2.22. The Morgan fingerprint density at radius 2 is 2.58 bits per heavy atom. The first-order valence-electron chi connectivity index (χ1n) is 3.98. The number of carbonyl (C=O) groups is 1. The first-order valence-corrected chi connectivity index (χ1v) is 3.98. The molecule has 0 aromatic rings. The van der Waals surface area contributed by atoms with E-state index in [1.165, 1.54) is 0 Å². The lowest BCUT2D eigenvalue weighted by Gasteiger charge is -2.24. The number of nitrogens with one attached hydrogen (secondary N) is 1. The molecule has 1 heterocycles. The van der Waals surface area contributed by atoms with E-state index >= 15 is 0 Å². The van der Waals surface area contributed by atoms with Gasteiger partial charge in [0.25, 0.3) is 5.91 Å². The number of rotatable bonds is 3. The second-order valence-electron chi connectivity index (χ2n) is 2.70. The molecule has 0 radical (unpaired) electrons. The van der Waals surface area contributed by atoms with Gasteiger partial charge < -0.3 is 9.47 Å². The van der Waals surface area contributed by atoms with Crippen LogP contribution in [0, 0.1) is 0 Å². The Kier molecular flexibility index (Phi) is 3.02. The number of carbonyl (C=O) groups excluding carboxylic acids is 1. The Bertz CT molecular complexity index is 166. The van der Waals surface area contributed by atoms with Crippen LogP contribution < -0.4 is 11.3 Å². The standard InChI is InChI=1S/C7H14N2O3/c1-2-12-7(6(10)9-8)3-4-11-5-7/h2-5,8H2,1H3,(H,9,10)/t7-/m1/s1. The van der Waals surface area contributed by atoms with Crippen LogP contribution in [0.5, 0.6) is 0 Å². The molecule has 3 N–H and O–H groups in total. The van der Waals surface area contributed by atoms with E-state index in [0.29, 0.717) is 26.2 Å². The van der Waals surface area contributed by atoms with Crippen LogP contribution in [0.4, 0.5) is 0 Å². The molecule has 0 spiro atoms. The van der Waals surface area contributed by atoms with Crippen LogP contribution in [0.1, 0.15) is 13.3 Å². The van der Waals surface area contributed by atoms with Gasteiger partial charge in [0, 0.05) is 13.0 Å². The van der Waals surface area contributed by atoms with Crippen molar-refractivity contribution in [1.82, 2.24) is 5.43 Å². The fourth-order valence-corrected chi connectivity index (χ4v) is 1.31. The van der Waals surface area contributed by atoms with Gasteiger partial charge in [-0.25, -0.2) is 5.84 Å². The van der Waals surface area contributed by atoms with E-state index in [1.807, 2.05) is 6.92 Å². The van der Waals surface area contributed by atoms with E-state index in [2.05, 4.69) is 5.43 Å². The Morgan fingerprint density at radius 1 is 1.83 bits per heavy atom. The van der Waals surface area contributed by atoms with Crippen molar-refractivity contribution in [2.45, 2.75) is 18.9 Å². The van der Waals surface area contributed by atoms with E-state index in [1.54, 1.807) is 0 Å². The highest BCUT2D eigenvalue weighted by molar-refractivity contribution is 5.85. The molecule has 1 aliphatic rings. The van der Waals surface area contributed by atoms with Crippen molar-refractivity contribution in [3.63, 3.8) is 0 Å². The second-order valence-corrected chi connectivity index (χ2v) is 2.70. The zero-order valence-corrected chi connectivity index (χ0v) is 7.13. The normalized spacial score (nSPS) is 28.8. The Labute approximate surface area is 71.2 Å². The molecule has 70 valence electrons. The van der Waals surface area contributed by atoms with Crippen LogP contribution in [-0.4, -0.2) is 31.3 Å². The summed E-state index contributed by atoms with van der Waals surface area (Å²) in [7, 11) is 0. The fraction of sp³-hybridized carbons (Fsp3) is 0.857. The first-order chi connectivity index (χ1) is 5.75. The molecule has 0 aliphatic carbocycles. The summed E-state index contributed by atoms with van der Waals surface area (Å²) in [5.74, 6) is 4.73. The Balaban J connectivity index is 2.64. The van der Waals surface area contributed by atoms with Gasteiger partial charge in [-0.05, 0) is 6.92 Å². The maximum Gasteiger partial charge on any atom is 0.268 e. The van der Waals surface area contributed by atoms with Crippen LogP contribution in [0.25, 0.3) is 0 Å². The molecule has 1 aliphatic heterocycles. The molecule has 5 nitrogen and oxygen atoms in total. The molecule has 1 rings (SSSR count). The summed E-state index contributed by atoms with van der Waals surface area (Å²) in [6.07, 6.45) is 0.573. The number of hydrogen-bond acceptors (Lipinski definition) is 4. The zero-order valence-electron chi connectivity index (χ0n) is 7.13. The molecule has 1 saturated heterocycles. The molecule has 0 saturated carbocycles. The van der Waals surface area contributed by atoms with Gasteiger partial charge in [-0.1, -0.05) is 0 Å². The SMILES string of the molecule is CCO[C@]1(C(=O)NN)CCOC1. The molecule has 0 unspecified atom stereocenters. The third-order valence-corrected chi connectivity index (χ3v) is 1.95. The van der Waals surface area contributed by atoms with Gasteiger partial charge in [0.05, 0.1) is 13.2 Å². The van der Waals surface area contributed by atoms with E-state index in [-0.39, 0.29) is 5.91 Å². The molecule has 0 bridgehead atoms. The van der Waals surface area contributed by atoms with Gasteiger partial charge in [0.15, 0.2) is 5.60 Å². The molecule has 12 heavy (non-hydrogen) atoms. The van der Waals surface area contributed by atoms with E-state index < -0.39 is 5.60 Å². The summed E-state index contributed by atoms with van der Waals surface area (Å²) in [4.78, 5) is 11.3. The summed E-state index contributed by atoms with van der Waals surface area (Å²) >= 11 is 0. The monoisotopic (exact) mass is 174 g/mol. The lowest BCUT2D eigenvalue weighted by atomic mass is 10.0. The minimum atomic E-state index is -0.844. The Hall–Kier alpha value is -0.650. The number of hydrogen-bond donors (Lipinski definition) is 2. The lowest BCUT2D eigenvalue weighted by Crippen LogP contribution is -2.51. The van der Waals surface area contributed by atoms with Crippen molar-refractivity contribution in [2.24, 2.45) is 5.84 Å². The van der Waals surface area contributed by atoms with Crippen molar-refractivity contribution in [3.05, 3.63) is 0 Å². The second kappa shape index (κ2) is 3.84. The van der Waals surface area contributed by atoms with Crippen molar-refractivity contribution < 1.29 is 14.3 Å². The van der Waals surface area contributed by atoms with Gasteiger partial charge in [-0.2, -0.15) is 0 Å². The largest absolute Gasteiger partial charge is 0.378 e. The molecule has 5 heteroatoms. The predicted octanol–water partition coefficient (Wildman–Crippen LogP) is -0.828. The lowest BCUT2D eigenvalue weighted by molar-refractivity contribution is -0.146. The molecule has 1 atom stereocenters. The highest BCUT2D eigenvalue weighted by Gasteiger charge is 2.42. The zero-order chi connectivity index (χ0) is 9.03. The van der Waals surface area contributed by atoms with Crippen LogP contribution in [0.3, 0.4) is 0 Å². The van der Waals surface area contributed by atoms with Gasteiger partial charge >= 0.3 is 0 Å². The maximum absolute atomic E-state index is 11.3. The number of amides is 1. The average molecular weight is 174 g/mol. The summed E-state index contributed by atoms with van der Waals surface area (Å²) in [6.45, 7) is 3.16. The van der Waals surface area contributed by atoms with E-state index in [0.717, 1.165) is 0 Å². The molecule has 1 fully saturated rings. The van der Waals surface area contributed by atoms with Gasteiger partial charge in [-0.15, -0.1) is 0 Å². The predicted molar refractivity (Wildman–Crippen MR) is 42.1 cm³/mol. The van der Waals surface area contributed by atoms with Crippen LogP contribution in [0.15, 0.2) is 0 Å². The first kappa shape index (κ1) is 9.44. The Morgan fingerprint density at radius 3 is 3.00 bits per heavy atom. The van der Waals surface area contributed by atoms with Crippen molar-refractivity contribution in [3.8, 4) is 0 Å². The number of ether oxygens (including phenoxy) is 2. The molecule has 1 amide bonds. The van der Waals surface area contributed by atoms with Gasteiger partial charge in [0.2, 0.25) is 0 Å². The smallest absolute Gasteiger partial charge is 0.268 e. The van der Waals surface area contributed by atoms with Crippen LogP contribution >= 0.6 is 0 Å². The van der Waals surface area contributed by atoms with E-state index in [9.17, 15) is 4.79 Å². The molecule has 0 aromatic heterocycles. The van der Waals surface area contributed by atoms with E-state index in [4.69, 9.17) is 15.3 Å². The third-order valence-electron chi connectivity index (χ3n) is 1.95. The van der Waals surface area contributed by atoms with Crippen molar-refractivity contribution in [2.75, 3.05) is 19.8 Å². The average Bonchev–Trinajstić information content (AvgIpc) is 2.53. The topological polar surface area (TPSA) is 73.6 Å². The van der Waals surface area contributed by atoms with Crippen LogP contribution in [-0.2, 0) is 14.3 Å².